The Bertz CT molecular complexity index is 1330. The van der Waals surface area contributed by atoms with Gasteiger partial charge in [-0.2, -0.15) is 5.10 Å². The van der Waals surface area contributed by atoms with Crippen LogP contribution >= 0.6 is 0 Å². The van der Waals surface area contributed by atoms with Crippen molar-refractivity contribution in [3.63, 3.8) is 0 Å². The fourth-order valence-electron chi connectivity index (χ4n) is 4.88. The fraction of sp³-hybridized carbons (Fsp3) is 0.429. The van der Waals surface area contributed by atoms with E-state index in [4.69, 9.17) is 11.5 Å². The zero-order valence-corrected chi connectivity index (χ0v) is 22.6. The summed E-state index contributed by atoms with van der Waals surface area (Å²) in [5.74, 6) is -1.49. The molecule has 40 heavy (non-hydrogen) atoms. The van der Waals surface area contributed by atoms with Crippen LogP contribution in [-0.4, -0.2) is 69.7 Å². The van der Waals surface area contributed by atoms with Crippen LogP contribution in [-0.2, 0) is 18.3 Å². The van der Waals surface area contributed by atoms with Crippen molar-refractivity contribution in [1.82, 2.24) is 25.0 Å². The van der Waals surface area contributed by atoms with Gasteiger partial charge in [-0.25, -0.2) is 13.8 Å². The zero-order valence-electron chi connectivity index (χ0n) is 22.6. The lowest BCUT2D eigenvalue weighted by molar-refractivity contribution is -0.133. The number of nitrogens with one attached hydrogen (secondary N) is 2. The second-order valence-corrected chi connectivity index (χ2v) is 10.00. The number of benzene rings is 1. The summed E-state index contributed by atoms with van der Waals surface area (Å²) in [4.78, 5) is 32.3. The number of aryl methyl sites for hydroxylation is 1. The van der Waals surface area contributed by atoms with Crippen molar-refractivity contribution in [2.75, 3.05) is 31.5 Å². The maximum absolute atomic E-state index is 15.2. The molecule has 3 aromatic rings. The van der Waals surface area contributed by atoms with Gasteiger partial charge < -0.3 is 27.0 Å². The molecule has 12 heteroatoms. The van der Waals surface area contributed by atoms with Crippen LogP contribution in [0.4, 0.5) is 14.6 Å². The van der Waals surface area contributed by atoms with E-state index in [1.807, 2.05) is 0 Å². The minimum absolute atomic E-state index is 0.0277. The molecule has 0 unspecified atom stereocenters. The second-order valence-electron chi connectivity index (χ2n) is 10.00. The molecule has 0 saturated carbocycles. The summed E-state index contributed by atoms with van der Waals surface area (Å²) < 4.78 is 30.3. The summed E-state index contributed by atoms with van der Waals surface area (Å²) in [6, 6.07) is 6.54. The minimum Gasteiger partial charge on any atom is -0.369 e. The van der Waals surface area contributed by atoms with E-state index < -0.39 is 17.8 Å². The fourth-order valence-corrected chi connectivity index (χ4v) is 4.88. The number of carbonyl (C=O) groups excluding carboxylic acids is 2. The highest BCUT2D eigenvalue weighted by Gasteiger charge is 2.32. The van der Waals surface area contributed by atoms with Gasteiger partial charge in [0.1, 0.15) is 17.3 Å². The Morgan fingerprint density at radius 1 is 1.25 bits per heavy atom. The van der Waals surface area contributed by atoms with Gasteiger partial charge in [-0.15, -0.1) is 0 Å². The van der Waals surface area contributed by atoms with Gasteiger partial charge >= 0.3 is 0 Å². The molecule has 214 valence electrons. The van der Waals surface area contributed by atoms with Gasteiger partial charge in [-0.1, -0.05) is 12.1 Å². The zero-order chi connectivity index (χ0) is 28.6. The number of halogens is 2. The summed E-state index contributed by atoms with van der Waals surface area (Å²) in [7, 11) is 1.71. The van der Waals surface area contributed by atoms with E-state index in [1.54, 1.807) is 30.3 Å². The van der Waals surface area contributed by atoms with Crippen molar-refractivity contribution in [1.29, 1.82) is 0 Å². The molecular formula is C28H36F2N8O2. The predicted molar refractivity (Wildman–Crippen MR) is 148 cm³/mol. The molecule has 3 heterocycles. The standard InChI is InChI=1S/C28H36F2N8O2/c1-37-17-19(15-35-37)25-23(30)14-22(26(36-25)33-11-9-18-5-2-6-20(29)13-18)27(39)34-16-21-7-4-12-38(21)28(40)24(32)8-3-10-31/h2,5-6,13-15,17,21,24H,3-4,7-12,16,31-32H2,1H3,(H,33,36)(H,34,39)/t21-,24+/m1/s1. The summed E-state index contributed by atoms with van der Waals surface area (Å²) in [5.41, 5.74) is 12.9. The topological polar surface area (TPSA) is 144 Å². The number of aromatic nitrogens is 3. The Hall–Kier alpha value is -3.90. The van der Waals surface area contributed by atoms with Gasteiger partial charge in [0.15, 0.2) is 5.82 Å². The van der Waals surface area contributed by atoms with E-state index >= 15 is 4.39 Å². The van der Waals surface area contributed by atoms with Gasteiger partial charge in [-0.05, 0) is 62.4 Å². The first-order valence-electron chi connectivity index (χ1n) is 13.5. The lowest BCUT2D eigenvalue weighted by Gasteiger charge is -2.27. The number of anilines is 1. The van der Waals surface area contributed by atoms with Crippen molar-refractivity contribution in [3.05, 3.63) is 65.5 Å². The Kier molecular flexibility index (Phi) is 9.78. The van der Waals surface area contributed by atoms with Crippen molar-refractivity contribution >= 4 is 17.6 Å². The molecule has 2 atom stereocenters. The Labute approximate surface area is 232 Å². The van der Waals surface area contributed by atoms with Crippen molar-refractivity contribution in [3.8, 4) is 11.3 Å². The molecule has 1 aliphatic heterocycles. The van der Waals surface area contributed by atoms with Gasteiger partial charge in [0.2, 0.25) is 5.91 Å². The van der Waals surface area contributed by atoms with Crippen LogP contribution in [0.5, 0.6) is 0 Å². The quantitative estimate of drug-likeness (QED) is 0.269. The average Bonchev–Trinajstić information content (AvgIpc) is 3.59. The van der Waals surface area contributed by atoms with Crippen molar-refractivity contribution in [2.45, 2.75) is 44.2 Å². The van der Waals surface area contributed by atoms with E-state index in [0.29, 0.717) is 44.5 Å². The van der Waals surface area contributed by atoms with Crippen LogP contribution in [0.25, 0.3) is 11.3 Å². The summed E-state index contributed by atoms with van der Waals surface area (Å²) in [6.07, 6.45) is 6.27. The monoisotopic (exact) mass is 554 g/mol. The molecule has 0 radical (unpaired) electrons. The van der Waals surface area contributed by atoms with E-state index in [1.165, 1.54) is 23.0 Å². The normalized spacial score (nSPS) is 15.7. The summed E-state index contributed by atoms with van der Waals surface area (Å²) in [6.45, 7) is 1.56. The maximum atomic E-state index is 15.2. The summed E-state index contributed by atoms with van der Waals surface area (Å²) >= 11 is 0. The third-order valence-electron chi connectivity index (χ3n) is 6.99. The van der Waals surface area contributed by atoms with E-state index in [0.717, 1.165) is 24.5 Å². The highest BCUT2D eigenvalue weighted by atomic mass is 19.1. The van der Waals surface area contributed by atoms with E-state index in [9.17, 15) is 14.0 Å². The lowest BCUT2D eigenvalue weighted by Crippen LogP contribution is -2.49. The number of likely N-dealkylation sites (tertiary alicyclic amines) is 1. The predicted octanol–water partition coefficient (Wildman–Crippen LogP) is 2.20. The van der Waals surface area contributed by atoms with Crippen molar-refractivity contribution < 1.29 is 18.4 Å². The number of nitrogens with zero attached hydrogens (tertiary/aromatic N) is 4. The van der Waals surface area contributed by atoms with Crippen LogP contribution in [0.3, 0.4) is 0 Å². The first-order chi connectivity index (χ1) is 19.3. The third-order valence-corrected chi connectivity index (χ3v) is 6.99. The lowest BCUT2D eigenvalue weighted by atomic mass is 10.1. The second kappa shape index (κ2) is 13.4. The molecule has 1 aliphatic rings. The number of hydrogen-bond donors (Lipinski definition) is 4. The first-order valence-corrected chi connectivity index (χ1v) is 13.5. The molecule has 1 saturated heterocycles. The Morgan fingerprint density at radius 3 is 2.80 bits per heavy atom. The number of amides is 2. The highest BCUT2D eigenvalue weighted by Crippen LogP contribution is 2.26. The van der Waals surface area contributed by atoms with Crippen LogP contribution in [0, 0.1) is 11.6 Å². The molecule has 6 N–H and O–H groups in total. The largest absolute Gasteiger partial charge is 0.369 e. The molecular weight excluding hydrogens is 518 g/mol. The molecule has 1 aromatic carbocycles. The van der Waals surface area contributed by atoms with E-state index in [2.05, 4.69) is 20.7 Å². The number of pyridine rings is 1. The molecule has 10 nitrogen and oxygen atoms in total. The summed E-state index contributed by atoms with van der Waals surface area (Å²) in [5, 5.41) is 10.0. The molecule has 1 fully saturated rings. The van der Waals surface area contributed by atoms with Crippen LogP contribution < -0.4 is 22.1 Å². The van der Waals surface area contributed by atoms with E-state index in [-0.39, 0.29) is 41.4 Å². The molecule has 0 bridgehead atoms. The van der Waals surface area contributed by atoms with Gasteiger partial charge in [0.05, 0.1) is 17.8 Å². The minimum atomic E-state index is -0.669. The van der Waals surface area contributed by atoms with Crippen LogP contribution in [0.2, 0.25) is 0 Å². The maximum Gasteiger partial charge on any atom is 0.255 e. The Balaban J connectivity index is 1.49. The molecule has 2 aromatic heterocycles. The van der Waals surface area contributed by atoms with Gasteiger partial charge in [0, 0.05) is 44.5 Å². The van der Waals surface area contributed by atoms with Gasteiger partial charge in [0.25, 0.3) is 5.91 Å². The number of rotatable bonds is 12. The first kappa shape index (κ1) is 29.1. The van der Waals surface area contributed by atoms with Crippen LogP contribution in [0.1, 0.15) is 41.6 Å². The SMILES string of the molecule is Cn1cc(-c2nc(NCCc3cccc(F)c3)c(C(=O)NC[C@H]3CCCN3C(=O)[C@@H](N)CCCN)cc2F)cn1. The number of carbonyl (C=O) groups is 2. The molecule has 4 rings (SSSR count). The molecule has 0 aliphatic carbocycles. The van der Waals surface area contributed by atoms with Gasteiger partial charge in [-0.3, -0.25) is 14.3 Å². The molecule has 0 spiro atoms. The number of hydrogen-bond acceptors (Lipinski definition) is 7. The molecule has 2 amide bonds. The van der Waals surface area contributed by atoms with Crippen LogP contribution in [0.15, 0.2) is 42.7 Å². The highest BCUT2D eigenvalue weighted by molar-refractivity contribution is 5.99. The average molecular weight is 555 g/mol. The van der Waals surface area contributed by atoms with Crippen molar-refractivity contribution in [2.24, 2.45) is 18.5 Å². The third kappa shape index (κ3) is 7.19. The Morgan fingerprint density at radius 2 is 2.08 bits per heavy atom. The smallest absolute Gasteiger partial charge is 0.255 e. The number of nitrogens with two attached hydrogens (primary N) is 2.